The van der Waals surface area contributed by atoms with Crippen LogP contribution in [-0.2, 0) is 9.31 Å². The fraction of sp³-hybridized carbons (Fsp3) is 0.600. The third kappa shape index (κ3) is 3.39. The summed E-state index contributed by atoms with van der Waals surface area (Å²) in [6.07, 6.45) is -0.601. The molecule has 0 aliphatic carbocycles. The first-order chi connectivity index (χ1) is 9.62. The van der Waals surface area contributed by atoms with Crippen LogP contribution in [0.15, 0.2) is 18.2 Å². The Labute approximate surface area is 125 Å². The van der Waals surface area contributed by atoms with E-state index in [9.17, 15) is 4.39 Å². The molecule has 0 radical (unpaired) electrons. The summed E-state index contributed by atoms with van der Waals surface area (Å²) in [6, 6.07) is 4.52. The largest absolute Gasteiger partial charge is 0.497 e. The first kappa shape index (κ1) is 16.3. The maximum absolute atomic E-state index is 14.2. The second kappa shape index (κ2) is 5.59. The minimum absolute atomic E-state index is 0.120. The molecule has 1 aromatic carbocycles. The van der Waals surface area contributed by atoms with Crippen LogP contribution in [0.25, 0.3) is 0 Å². The average Bonchev–Trinajstić information content (AvgIpc) is 2.55. The van der Waals surface area contributed by atoms with Crippen LogP contribution in [0.3, 0.4) is 0 Å². The summed E-state index contributed by atoms with van der Waals surface area (Å²) in [7, 11) is -0.735. The van der Waals surface area contributed by atoms with E-state index in [0.29, 0.717) is 11.2 Å². The molecule has 1 aliphatic heterocycles. The molecule has 0 amide bonds. The molecule has 0 bridgehead atoms. The van der Waals surface area contributed by atoms with Crippen molar-refractivity contribution in [2.75, 3.05) is 6.61 Å². The van der Waals surface area contributed by atoms with Gasteiger partial charge in [0.05, 0.1) is 17.3 Å². The minimum atomic E-state index is -0.735. The highest BCUT2D eigenvalue weighted by Crippen LogP contribution is 2.36. The lowest BCUT2D eigenvalue weighted by Gasteiger charge is -2.32. The lowest BCUT2D eigenvalue weighted by Crippen LogP contribution is -2.41. The number of aliphatic hydroxyl groups is 1. The maximum atomic E-state index is 14.2. The quantitative estimate of drug-likeness (QED) is 0.862. The maximum Gasteiger partial charge on any atom is 0.497 e. The Kier molecular flexibility index (Phi) is 4.33. The lowest BCUT2D eigenvalue weighted by atomic mass is 9.78. The molecule has 1 aromatic rings. The topological polar surface area (TPSA) is 47.9 Å². The highest BCUT2D eigenvalue weighted by Gasteiger charge is 2.52. The van der Waals surface area contributed by atoms with E-state index in [1.165, 1.54) is 6.07 Å². The number of hydrogen-bond donors (Lipinski definition) is 1. The van der Waals surface area contributed by atoms with Crippen molar-refractivity contribution in [2.24, 2.45) is 0 Å². The van der Waals surface area contributed by atoms with Crippen molar-refractivity contribution in [2.45, 2.75) is 51.9 Å². The van der Waals surface area contributed by atoms with Crippen LogP contribution in [0.4, 0.5) is 4.39 Å². The van der Waals surface area contributed by atoms with Gasteiger partial charge in [0.1, 0.15) is 18.2 Å². The summed E-state index contributed by atoms with van der Waals surface area (Å²) in [5, 5.41) is 9.17. The van der Waals surface area contributed by atoms with Gasteiger partial charge in [-0.3, -0.25) is 0 Å². The Morgan fingerprint density at radius 1 is 1.24 bits per heavy atom. The first-order valence-electron chi connectivity index (χ1n) is 7.08. The molecule has 4 nitrogen and oxygen atoms in total. The smallest absolute Gasteiger partial charge is 0.491 e. The molecule has 0 saturated carbocycles. The normalized spacial score (nSPS) is 21.4. The minimum Gasteiger partial charge on any atom is -0.491 e. The molecule has 1 fully saturated rings. The van der Waals surface area contributed by atoms with E-state index in [2.05, 4.69) is 0 Å². The highest BCUT2D eigenvalue weighted by atomic mass is 19.1. The van der Waals surface area contributed by atoms with Gasteiger partial charge >= 0.3 is 7.12 Å². The van der Waals surface area contributed by atoms with Crippen LogP contribution in [0, 0.1) is 5.82 Å². The van der Waals surface area contributed by atoms with E-state index in [1.54, 1.807) is 19.1 Å². The monoisotopic (exact) mass is 296 g/mol. The van der Waals surface area contributed by atoms with Crippen molar-refractivity contribution < 1.29 is 23.5 Å². The van der Waals surface area contributed by atoms with Crippen molar-refractivity contribution in [3.8, 4) is 5.75 Å². The number of aliphatic hydroxyl groups excluding tert-OH is 1. The zero-order valence-electron chi connectivity index (χ0n) is 13.1. The molecule has 0 aromatic heterocycles. The van der Waals surface area contributed by atoms with E-state index in [1.807, 2.05) is 27.7 Å². The van der Waals surface area contributed by atoms with Gasteiger partial charge in [0.25, 0.3) is 0 Å². The van der Waals surface area contributed by atoms with Gasteiger partial charge in [0.15, 0.2) is 0 Å². The summed E-state index contributed by atoms with van der Waals surface area (Å²) < 4.78 is 31.2. The molecular weight excluding hydrogens is 274 g/mol. The van der Waals surface area contributed by atoms with Crippen molar-refractivity contribution in [3.05, 3.63) is 24.0 Å². The van der Waals surface area contributed by atoms with Crippen LogP contribution in [-0.4, -0.2) is 36.1 Å². The van der Waals surface area contributed by atoms with E-state index < -0.39 is 30.2 Å². The molecule has 0 spiro atoms. The predicted octanol–water partition coefficient (Wildman–Crippen LogP) is 1.88. The zero-order valence-corrected chi connectivity index (χ0v) is 13.1. The fourth-order valence-corrected chi connectivity index (χ4v) is 1.98. The fourth-order valence-electron chi connectivity index (χ4n) is 1.98. The number of rotatable bonds is 4. The van der Waals surface area contributed by atoms with Gasteiger partial charge in [-0.1, -0.05) is 6.07 Å². The molecule has 116 valence electrons. The number of hydrogen-bond acceptors (Lipinski definition) is 4. The standard InChI is InChI=1S/C15H22BFO4/c1-10(18)9-19-11-6-7-12(13(17)8-11)16-20-14(2,3)15(4,5)21-16/h6-8,10,18H,9H2,1-5H3/t10-/m0/s1. The van der Waals surface area contributed by atoms with Crippen molar-refractivity contribution in [1.29, 1.82) is 0 Å². The van der Waals surface area contributed by atoms with Crippen LogP contribution in [0.1, 0.15) is 34.6 Å². The summed E-state index contributed by atoms with van der Waals surface area (Å²) in [5.41, 5.74) is -0.671. The van der Waals surface area contributed by atoms with Gasteiger partial charge in [0.2, 0.25) is 0 Å². The molecule has 0 unspecified atom stereocenters. The van der Waals surface area contributed by atoms with Crippen LogP contribution >= 0.6 is 0 Å². The third-order valence-electron chi connectivity index (χ3n) is 3.97. The van der Waals surface area contributed by atoms with Crippen LogP contribution in [0.5, 0.6) is 5.75 Å². The Hall–Kier alpha value is -1.11. The molecule has 2 rings (SSSR count). The van der Waals surface area contributed by atoms with Gasteiger partial charge in [-0.15, -0.1) is 0 Å². The Bertz CT molecular complexity index is 500. The van der Waals surface area contributed by atoms with Gasteiger partial charge in [-0.05, 0) is 40.7 Å². The Morgan fingerprint density at radius 3 is 2.29 bits per heavy atom. The van der Waals surface area contributed by atoms with Crippen molar-refractivity contribution in [1.82, 2.24) is 0 Å². The molecular formula is C15H22BFO4. The number of halogens is 1. The average molecular weight is 296 g/mol. The van der Waals surface area contributed by atoms with Crippen LogP contribution < -0.4 is 10.2 Å². The van der Waals surface area contributed by atoms with Crippen LogP contribution in [0.2, 0.25) is 0 Å². The summed E-state index contributed by atoms with van der Waals surface area (Å²) in [4.78, 5) is 0. The second-order valence-electron chi connectivity index (χ2n) is 6.43. The van der Waals surface area contributed by atoms with E-state index in [-0.39, 0.29) is 6.61 Å². The summed E-state index contributed by atoms with van der Waals surface area (Å²) in [5.74, 6) is -0.0785. The number of ether oxygens (including phenoxy) is 1. The van der Waals surface area contributed by atoms with E-state index in [0.717, 1.165) is 0 Å². The molecule has 1 heterocycles. The Balaban J connectivity index is 2.15. The van der Waals surface area contributed by atoms with Gasteiger partial charge in [-0.25, -0.2) is 4.39 Å². The predicted molar refractivity (Wildman–Crippen MR) is 79.3 cm³/mol. The molecule has 1 saturated heterocycles. The van der Waals surface area contributed by atoms with E-state index >= 15 is 0 Å². The van der Waals surface area contributed by atoms with Crippen molar-refractivity contribution >= 4 is 12.6 Å². The number of benzene rings is 1. The molecule has 1 aliphatic rings. The summed E-state index contributed by atoms with van der Waals surface area (Å²) >= 11 is 0. The van der Waals surface area contributed by atoms with Gasteiger partial charge in [-0.2, -0.15) is 0 Å². The molecule has 21 heavy (non-hydrogen) atoms. The zero-order chi connectivity index (χ0) is 15.8. The molecule has 1 atom stereocenters. The van der Waals surface area contributed by atoms with Crippen molar-refractivity contribution in [3.63, 3.8) is 0 Å². The lowest BCUT2D eigenvalue weighted by molar-refractivity contribution is 0.00578. The molecule has 6 heteroatoms. The van der Waals surface area contributed by atoms with E-state index in [4.69, 9.17) is 19.2 Å². The van der Waals surface area contributed by atoms with Gasteiger partial charge < -0.3 is 19.2 Å². The SMILES string of the molecule is C[C@H](O)COc1ccc(B2OC(C)(C)C(C)(C)O2)c(F)c1. The Morgan fingerprint density at radius 2 is 1.81 bits per heavy atom. The molecule has 1 N–H and O–H groups in total. The summed E-state index contributed by atoms with van der Waals surface area (Å²) in [6.45, 7) is 9.41. The first-order valence-corrected chi connectivity index (χ1v) is 7.08. The third-order valence-corrected chi connectivity index (χ3v) is 3.97. The highest BCUT2D eigenvalue weighted by molar-refractivity contribution is 6.62. The van der Waals surface area contributed by atoms with Gasteiger partial charge in [0, 0.05) is 11.5 Å². The second-order valence-corrected chi connectivity index (χ2v) is 6.43.